The molecule has 0 aromatic heterocycles. The van der Waals surface area contributed by atoms with Crippen LogP contribution in [0.2, 0.25) is 0 Å². The van der Waals surface area contributed by atoms with E-state index in [1.165, 1.54) is 12.8 Å². The first-order valence-corrected chi connectivity index (χ1v) is 13.3. The van der Waals surface area contributed by atoms with Crippen molar-refractivity contribution in [3.8, 4) is 0 Å². The molecule has 4 rings (SSSR count). The van der Waals surface area contributed by atoms with E-state index in [0.717, 1.165) is 44.1 Å². The minimum Gasteiger partial charge on any atom is -0.392 e. The predicted molar refractivity (Wildman–Crippen MR) is 135 cm³/mol. The average Bonchev–Trinajstić information content (AvgIpc) is 3.06. The van der Waals surface area contributed by atoms with Gasteiger partial charge >= 0.3 is 0 Å². The predicted octanol–water partition coefficient (Wildman–Crippen LogP) is 6.41. The molecule has 184 valence electrons. The summed E-state index contributed by atoms with van der Waals surface area (Å²) in [6, 6.07) is 0. The molecular weight excluding hydrogens is 408 g/mol. The molecule has 3 heteroatoms. The normalized spacial score (nSPS) is 40.2. The second kappa shape index (κ2) is 8.48. The maximum Gasteiger partial charge on any atom is 0.138 e. The van der Waals surface area contributed by atoms with E-state index in [1.54, 1.807) is 11.1 Å². The van der Waals surface area contributed by atoms with Crippen molar-refractivity contribution < 1.29 is 15.0 Å². The lowest BCUT2D eigenvalue weighted by Gasteiger charge is -2.58. The molecule has 2 fully saturated rings. The largest absolute Gasteiger partial charge is 0.392 e. The zero-order chi connectivity index (χ0) is 24.2. The highest BCUT2D eigenvalue weighted by molar-refractivity contribution is 5.86. The van der Waals surface area contributed by atoms with Crippen LogP contribution in [-0.2, 0) is 4.79 Å². The number of carbonyl (C=O) groups is 1. The fourth-order valence-corrected chi connectivity index (χ4v) is 8.58. The van der Waals surface area contributed by atoms with Crippen LogP contribution >= 0.6 is 0 Å². The topological polar surface area (TPSA) is 57.5 Å². The Kier molecular flexibility index (Phi) is 6.41. The van der Waals surface area contributed by atoms with Crippen LogP contribution in [0, 0.1) is 39.4 Å². The van der Waals surface area contributed by atoms with Gasteiger partial charge in [-0.05, 0) is 95.7 Å². The van der Waals surface area contributed by atoms with E-state index in [2.05, 4.69) is 53.7 Å². The number of aliphatic hydroxyl groups excluding tert-OH is 2. The van der Waals surface area contributed by atoms with Gasteiger partial charge in [-0.2, -0.15) is 0 Å². The van der Waals surface area contributed by atoms with Gasteiger partial charge in [0.15, 0.2) is 0 Å². The first kappa shape index (κ1) is 24.9. The molecule has 3 nitrogen and oxygen atoms in total. The van der Waals surface area contributed by atoms with Gasteiger partial charge in [-0.1, -0.05) is 59.8 Å². The number of aliphatic hydroxyl groups is 2. The van der Waals surface area contributed by atoms with Crippen molar-refractivity contribution in [1.29, 1.82) is 0 Å². The molecule has 0 spiro atoms. The summed E-state index contributed by atoms with van der Waals surface area (Å²) in [7, 11) is 0. The first-order chi connectivity index (χ1) is 15.5. The monoisotopic (exact) mass is 454 g/mol. The molecular formula is C30H46O3. The minimum absolute atomic E-state index is 0.0498. The Morgan fingerprint density at radius 2 is 1.82 bits per heavy atom. The van der Waals surface area contributed by atoms with Gasteiger partial charge in [0, 0.05) is 11.8 Å². The number of ketones is 1. The Bertz CT molecular complexity index is 886. The highest BCUT2D eigenvalue weighted by Gasteiger charge is 2.61. The van der Waals surface area contributed by atoms with Gasteiger partial charge in [0.05, 0.1) is 13.2 Å². The standard InChI is InChI=1S/C30H46O3/c1-20(8-7-9-21(18-31)19-32)29(5)16-13-24-22-10-11-25-27(2,3)26(33)14-15-28(25,4)23(22)12-17-30(24,29)6/h9-10,12,20,24-25,31-32H,7-8,11,13-19H2,1-6H3/t20-,24+,25+,28-,29-,30+/m1/s1. The van der Waals surface area contributed by atoms with Crippen LogP contribution in [0.3, 0.4) is 0 Å². The number of rotatable bonds is 6. The van der Waals surface area contributed by atoms with Gasteiger partial charge in [-0.3, -0.25) is 4.79 Å². The maximum absolute atomic E-state index is 12.8. The maximum atomic E-state index is 12.8. The minimum atomic E-state index is -0.231. The number of fused-ring (bicyclic) bond motifs is 5. The Hall–Kier alpha value is -1.19. The van der Waals surface area contributed by atoms with Crippen LogP contribution in [0.5, 0.6) is 0 Å². The van der Waals surface area contributed by atoms with Gasteiger partial charge in [-0.25, -0.2) is 0 Å². The van der Waals surface area contributed by atoms with Crippen LogP contribution in [0.4, 0.5) is 0 Å². The van der Waals surface area contributed by atoms with Gasteiger partial charge in [0.1, 0.15) is 5.78 Å². The van der Waals surface area contributed by atoms with Crippen LogP contribution < -0.4 is 0 Å². The van der Waals surface area contributed by atoms with E-state index < -0.39 is 0 Å². The molecule has 0 aromatic carbocycles. The molecule has 0 unspecified atom stereocenters. The van der Waals surface area contributed by atoms with Crippen molar-refractivity contribution in [2.45, 2.75) is 92.9 Å². The van der Waals surface area contributed by atoms with E-state index in [9.17, 15) is 15.0 Å². The highest BCUT2D eigenvalue weighted by atomic mass is 16.3. The summed E-state index contributed by atoms with van der Waals surface area (Å²) >= 11 is 0. The Morgan fingerprint density at radius 3 is 2.48 bits per heavy atom. The van der Waals surface area contributed by atoms with Gasteiger partial charge in [-0.15, -0.1) is 0 Å². The number of Topliss-reactive ketones (excluding diaryl/α,β-unsaturated/α-hetero) is 1. The fourth-order valence-electron chi connectivity index (χ4n) is 8.58. The summed E-state index contributed by atoms with van der Waals surface area (Å²) in [5.74, 6) is 2.06. The third-order valence-electron chi connectivity index (χ3n) is 11.4. The zero-order valence-corrected chi connectivity index (χ0v) is 21.8. The molecule has 0 saturated heterocycles. The number of hydrogen-bond donors (Lipinski definition) is 2. The third-order valence-corrected chi connectivity index (χ3v) is 11.4. The fraction of sp³-hybridized carbons (Fsp3) is 0.767. The molecule has 0 radical (unpaired) electrons. The average molecular weight is 455 g/mol. The summed E-state index contributed by atoms with van der Waals surface area (Å²) < 4.78 is 0. The smallest absolute Gasteiger partial charge is 0.138 e. The summed E-state index contributed by atoms with van der Waals surface area (Å²) in [4.78, 5) is 12.8. The van der Waals surface area contributed by atoms with E-state index >= 15 is 0 Å². The molecule has 6 atom stereocenters. The van der Waals surface area contributed by atoms with Gasteiger partial charge in [0.25, 0.3) is 0 Å². The number of hydrogen-bond acceptors (Lipinski definition) is 3. The van der Waals surface area contributed by atoms with Crippen LogP contribution in [0.1, 0.15) is 92.9 Å². The summed E-state index contributed by atoms with van der Waals surface area (Å²) in [6.07, 6.45) is 15.6. The zero-order valence-electron chi connectivity index (χ0n) is 21.8. The molecule has 4 aliphatic rings. The van der Waals surface area contributed by atoms with Crippen LogP contribution in [-0.4, -0.2) is 29.2 Å². The lowest BCUT2D eigenvalue weighted by Crippen LogP contribution is -2.52. The van der Waals surface area contributed by atoms with E-state index in [0.29, 0.717) is 23.5 Å². The Balaban J connectivity index is 1.60. The Morgan fingerprint density at radius 1 is 1.12 bits per heavy atom. The molecule has 0 heterocycles. The second-order valence-corrected chi connectivity index (χ2v) is 12.9. The van der Waals surface area contributed by atoms with E-state index in [-0.39, 0.29) is 34.9 Å². The lowest BCUT2D eigenvalue weighted by atomic mass is 9.46. The Labute approximate surface area is 201 Å². The van der Waals surface area contributed by atoms with Gasteiger partial charge < -0.3 is 10.2 Å². The van der Waals surface area contributed by atoms with E-state index in [4.69, 9.17) is 0 Å². The molecule has 0 bridgehead atoms. The van der Waals surface area contributed by atoms with Crippen LogP contribution in [0.25, 0.3) is 0 Å². The third kappa shape index (κ3) is 3.56. The van der Waals surface area contributed by atoms with Crippen molar-refractivity contribution in [1.82, 2.24) is 0 Å². The molecule has 33 heavy (non-hydrogen) atoms. The molecule has 4 aliphatic carbocycles. The summed E-state index contributed by atoms with van der Waals surface area (Å²) in [6.45, 7) is 14.2. The molecule has 0 amide bonds. The molecule has 2 N–H and O–H groups in total. The highest BCUT2D eigenvalue weighted by Crippen LogP contribution is 2.70. The molecule has 0 aliphatic heterocycles. The second-order valence-electron chi connectivity index (χ2n) is 12.9. The quantitative estimate of drug-likeness (QED) is 0.456. The van der Waals surface area contributed by atoms with Crippen molar-refractivity contribution in [3.05, 3.63) is 34.9 Å². The van der Waals surface area contributed by atoms with Crippen LogP contribution in [0.15, 0.2) is 34.9 Å². The van der Waals surface area contributed by atoms with Crippen molar-refractivity contribution >= 4 is 5.78 Å². The molecule has 2 saturated carbocycles. The van der Waals surface area contributed by atoms with E-state index in [1.807, 2.05) is 6.08 Å². The summed E-state index contributed by atoms with van der Waals surface area (Å²) in [5, 5.41) is 18.7. The summed E-state index contributed by atoms with van der Waals surface area (Å²) in [5.41, 5.74) is 4.35. The van der Waals surface area contributed by atoms with Crippen molar-refractivity contribution in [2.24, 2.45) is 39.4 Å². The number of allylic oxidation sites excluding steroid dienone is 5. The van der Waals surface area contributed by atoms with Gasteiger partial charge in [0.2, 0.25) is 0 Å². The van der Waals surface area contributed by atoms with Crippen molar-refractivity contribution in [2.75, 3.05) is 13.2 Å². The SMILES string of the molecule is C[C@H](CCC=C(CO)CO)[C@@]1(C)CC[C@H]2C3=CC[C@H]4C(C)(C)C(=O)CC[C@]4(C)C3=CC[C@@]21C. The lowest BCUT2D eigenvalue weighted by molar-refractivity contribution is -0.138. The number of carbonyl (C=O) groups excluding carboxylic acids is 1. The van der Waals surface area contributed by atoms with Crippen molar-refractivity contribution in [3.63, 3.8) is 0 Å². The molecule has 0 aromatic rings. The first-order valence-electron chi connectivity index (χ1n) is 13.3.